The molecule has 82 valence electrons. The number of benzene rings is 1. The van der Waals surface area contributed by atoms with Gasteiger partial charge in [-0.1, -0.05) is 6.42 Å². The average molecular weight is 209 g/mol. The number of halogens is 1. The highest BCUT2D eigenvalue weighted by Gasteiger charge is 2.16. The smallest absolute Gasteiger partial charge is 0.127 e. The molecule has 3 heteroatoms. The van der Waals surface area contributed by atoms with E-state index in [0.29, 0.717) is 6.54 Å². The quantitative estimate of drug-likeness (QED) is 0.798. The Bertz CT molecular complexity index is 316. The molecule has 1 aromatic rings. The summed E-state index contributed by atoms with van der Waals surface area (Å²) in [5.41, 5.74) is 0.798. The summed E-state index contributed by atoms with van der Waals surface area (Å²) in [5.74, 6) is 0.415. The van der Waals surface area contributed by atoms with Crippen LogP contribution in [0.2, 0.25) is 0 Å². The van der Waals surface area contributed by atoms with Crippen LogP contribution in [0.3, 0.4) is 0 Å². The molecule has 1 aliphatic carbocycles. The molecule has 0 heterocycles. The second-order valence-corrected chi connectivity index (χ2v) is 4.25. The molecule has 2 nitrogen and oxygen atoms in total. The van der Waals surface area contributed by atoms with Crippen LogP contribution in [0.25, 0.3) is 0 Å². The second-order valence-electron chi connectivity index (χ2n) is 4.25. The molecule has 0 bridgehead atoms. The lowest BCUT2D eigenvalue weighted by Gasteiger charge is -2.25. The topological polar surface area (TPSA) is 32.3 Å². The maximum Gasteiger partial charge on any atom is 0.127 e. The summed E-state index contributed by atoms with van der Waals surface area (Å²) in [6.07, 6.45) is 3.95. The van der Waals surface area contributed by atoms with Crippen LogP contribution >= 0.6 is 0 Å². The van der Waals surface area contributed by atoms with E-state index in [4.69, 9.17) is 0 Å². The van der Waals surface area contributed by atoms with Gasteiger partial charge in [0.2, 0.25) is 0 Å². The van der Waals surface area contributed by atoms with E-state index in [1.165, 1.54) is 25.3 Å². The molecule has 1 fully saturated rings. The molecule has 0 aliphatic heterocycles. The standard InChI is InChI=1S/C12H16FNO/c13-11-4-10(5-12(15)6-11)8-14-7-9-2-1-3-9/h4-6,9,14-15H,1-3,7-8H2. The van der Waals surface area contributed by atoms with E-state index >= 15 is 0 Å². The van der Waals surface area contributed by atoms with E-state index in [2.05, 4.69) is 5.32 Å². The number of aromatic hydroxyl groups is 1. The van der Waals surface area contributed by atoms with Crippen molar-refractivity contribution in [2.45, 2.75) is 25.8 Å². The van der Waals surface area contributed by atoms with E-state index in [1.807, 2.05) is 0 Å². The summed E-state index contributed by atoms with van der Waals surface area (Å²) in [5, 5.41) is 12.5. The Labute approximate surface area is 89.1 Å². The summed E-state index contributed by atoms with van der Waals surface area (Å²) >= 11 is 0. The van der Waals surface area contributed by atoms with Gasteiger partial charge in [-0.3, -0.25) is 0 Å². The lowest BCUT2D eigenvalue weighted by molar-refractivity contribution is 0.301. The van der Waals surface area contributed by atoms with Gasteiger partial charge in [0, 0.05) is 12.6 Å². The van der Waals surface area contributed by atoms with Crippen molar-refractivity contribution < 1.29 is 9.50 Å². The van der Waals surface area contributed by atoms with Crippen LogP contribution in [-0.2, 0) is 6.54 Å². The zero-order chi connectivity index (χ0) is 10.7. The molecule has 0 saturated heterocycles. The van der Waals surface area contributed by atoms with E-state index in [9.17, 15) is 9.50 Å². The fourth-order valence-electron chi connectivity index (χ4n) is 1.85. The summed E-state index contributed by atoms with van der Waals surface area (Å²) in [6, 6.07) is 4.17. The Morgan fingerprint density at radius 1 is 1.33 bits per heavy atom. The molecule has 2 rings (SSSR count). The molecule has 2 N–H and O–H groups in total. The molecular formula is C12H16FNO. The fraction of sp³-hybridized carbons (Fsp3) is 0.500. The number of nitrogens with one attached hydrogen (secondary N) is 1. The van der Waals surface area contributed by atoms with Gasteiger partial charge in [-0.25, -0.2) is 4.39 Å². The molecule has 0 amide bonds. The first-order valence-electron chi connectivity index (χ1n) is 5.43. The van der Waals surface area contributed by atoms with Gasteiger partial charge >= 0.3 is 0 Å². The summed E-state index contributed by atoms with van der Waals surface area (Å²) < 4.78 is 12.9. The van der Waals surface area contributed by atoms with Crippen molar-refractivity contribution in [1.82, 2.24) is 5.32 Å². The summed E-state index contributed by atoms with van der Waals surface area (Å²) in [6.45, 7) is 1.62. The van der Waals surface area contributed by atoms with E-state index in [0.717, 1.165) is 24.1 Å². The predicted molar refractivity (Wildman–Crippen MR) is 57.1 cm³/mol. The highest BCUT2D eigenvalue weighted by molar-refractivity contribution is 5.28. The fourth-order valence-corrected chi connectivity index (χ4v) is 1.85. The van der Waals surface area contributed by atoms with Gasteiger partial charge in [-0.15, -0.1) is 0 Å². The van der Waals surface area contributed by atoms with Crippen molar-refractivity contribution in [3.63, 3.8) is 0 Å². The van der Waals surface area contributed by atoms with Gasteiger partial charge < -0.3 is 10.4 Å². The highest BCUT2D eigenvalue weighted by atomic mass is 19.1. The first-order chi connectivity index (χ1) is 7.24. The van der Waals surface area contributed by atoms with Crippen LogP contribution in [0.5, 0.6) is 5.75 Å². The first kappa shape index (κ1) is 10.4. The van der Waals surface area contributed by atoms with Crippen LogP contribution in [0.1, 0.15) is 24.8 Å². The van der Waals surface area contributed by atoms with Crippen LogP contribution in [0.4, 0.5) is 4.39 Å². The van der Waals surface area contributed by atoms with Gasteiger partial charge in [0.05, 0.1) is 0 Å². The Balaban J connectivity index is 1.81. The lowest BCUT2D eigenvalue weighted by Crippen LogP contribution is -2.26. The largest absolute Gasteiger partial charge is 0.508 e. The maximum absolute atomic E-state index is 12.9. The number of phenolic OH excluding ortho intramolecular Hbond substituents is 1. The SMILES string of the molecule is Oc1cc(F)cc(CNCC2CCC2)c1. The Morgan fingerprint density at radius 3 is 2.73 bits per heavy atom. The van der Waals surface area contributed by atoms with Crippen molar-refractivity contribution in [3.8, 4) is 5.75 Å². The molecule has 0 aromatic heterocycles. The number of hydrogen-bond acceptors (Lipinski definition) is 2. The van der Waals surface area contributed by atoms with Crippen molar-refractivity contribution in [2.75, 3.05) is 6.54 Å². The third-order valence-electron chi connectivity index (χ3n) is 2.93. The zero-order valence-electron chi connectivity index (χ0n) is 8.67. The first-order valence-corrected chi connectivity index (χ1v) is 5.43. The van der Waals surface area contributed by atoms with Gasteiger partial charge in [-0.2, -0.15) is 0 Å². The summed E-state index contributed by atoms with van der Waals surface area (Å²) in [4.78, 5) is 0. The normalized spacial score (nSPS) is 16.3. The molecule has 1 aromatic carbocycles. The third-order valence-corrected chi connectivity index (χ3v) is 2.93. The van der Waals surface area contributed by atoms with Crippen molar-refractivity contribution in [3.05, 3.63) is 29.6 Å². The zero-order valence-corrected chi connectivity index (χ0v) is 8.67. The average Bonchev–Trinajstić information content (AvgIpc) is 2.07. The van der Waals surface area contributed by atoms with Crippen LogP contribution in [-0.4, -0.2) is 11.7 Å². The van der Waals surface area contributed by atoms with Crippen molar-refractivity contribution in [2.24, 2.45) is 5.92 Å². The predicted octanol–water partition coefficient (Wildman–Crippen LogP) is 2.42. The van der Waals surface area contributed by atoms with E-state index in [1.54, 1.807) is 6.07 Å². The van der Waals surface area contributed by atoms with Gasteiger partial charge in [0.25, 0.3) is 0 Å². The maximum atomic E-state index is 12.9. The van der Waals surface area contributed by atoms with Crippen LogP contribution < -0.4 is 5.32 Å². The summed E-state index contributed by atoms with van der Waals surface area (Å²) in [7, 11) is 0. The highest BCUT2D eigenvalue weighted by Crippen LogP contribution is 2.25. The number of rotatable bonds is 4. The van der Waals surface area contributed by atoms with E-state index < -0.39 is 0 Å². The molecule has 1 aliphatic rings. The molecule has 0 radical (unpaired) electrons. The molecule has 15 heavy (non-hydrogen) atoms. The Hall–Kier alpha value is -1.09. The third kappa shape index (κ3) is 2.93. The molecular weight excluding hydrogens is 193 g/mol. The Morgan fingerprint density at radius 2 is 2.13 bits per heavy atom. The van der Waals surface area contributed by atoms with Gasteiger partial charge in [-0.05, 0) is 43.0 Å². The second kappa shape index (κ2) is 4.62. The number of hydrogen-bond donors (Lipinski definition) is 2. The minimum atomic E-state index is -0.379. The van der Waals surface area contributed by atoms with Crippen LogP contribution in [0.15, 0.2) is 18.2 Å². The lowest BCUT2D eigenvalue weighted by atomic mass is 9.85. The van der Waals surface area contributed by atoms with Crippen molar-refractivity contribution >= 4 is 0 Å². The molecule has 0 atom stereocenters. The molecule has 0 unspecified atom stereocenters. The van der Waals surface area contributed by atoms with Gasteiger partial charge in [0.1, 0.15) is 11.6 Å². The number of phenols is 1. The van der Waals surface area contributed by atoms with E-state index in [-0.39, 0.29) is 11.6 Å². The van der Waals surface area contributed by atoms with Gasteiger partial charge in [0.15, 0.2) is 0 Å². The Kier molecular flexibility index (Phi) is 3.21. The minimum Gasteiger partial charge on any atom is -0.508 e. The van der Waals surface area contributed by atoms with Crippen LogP contribution in [0, 0.1) is 11.7 Å². The molecule has 0 spiro atoms. The van der Waals surface area contributed by atoms with Crippen molar-refractivity contribution in [1.29, 1.82) is 0 Å². The minimum absolute atomic E-state index is 0.00422. The monoisotopic (exact) mass is 209 g/mol. The molecule has 1 saturated carbocycles.